The first-order chi connectivity index (χ1) is 7.59. The molecule has 1 N–H and O–H groups in total. The molecule has 1 unspecified atom stereocenters. The van der Waals surface area contributed by atoms with Crippen molar-refractivity contribution in [1.82, 2.24) is 4.90 Å². The Kier molecular flexibility index (Phi) is 5.60. The number of rotatable bonds is 7. The van der Waals surface area contributed by atoms with E-state index >= 15 is 0 Å². The van der Waals surface area contributed by atoms with Crippen LogP contribution >= 0.6 is 11.6 Å². The molecule has 0 aromatic carbocycles. The standard InChI is InChI=1S/C11H18ClNO3/c12-9-7-10(14)13(8-9)6-4-2-1-3-5-11(15)16/h9H,1-8H2,(H,15,16). The van der Waals surface area contributed by atoms with Crippen LogP contribution in [0, 0.1) is 0 Å². The predicted octanol–water partition coefficient (Wildman–Crippen LogP) is 1.86. The topological polar surface area (TPSA) is 57.6 Å². The minimum atomic E-state index is -0.736. The summed E-state index contributed by atoms with van der Waals surface area (Å²) in [4.78, 5) is 23.4. The second-order valence-electron chi connectivity index (χ2n) is 4.20. The van der Waals surface area contributed by atoms with Gasteiger partial charge in [-0.2, -0.15) is 0 Å². The number of alkyl halides is 1. The highest BCUT2D eigenvalue weighted by Crippen LogP contribution is 2.17. The Balaban J connectivity index is 1.99. The van der Waals surface area contributed by atoms with Crippen molar-refractivity contribution in [2.75, 3.05) is 13.1 Å². The first kappa shape index (κ1) is 13.3. The Morgan fingerprint density at radius 2 is 2.06 bits per heavy atom. The summed E-state index contributed by atoms with van der Waals surface area (Å²) in [5, 5.41) is 8.41. The molecule has 0 aliphatic carbocycles. The van der Waals surface area contributed by atoms with E-state index in [2.05, 4.69) is 0 Å². The van der Waals surface area contributed by atoms with Crippen molar-refractivity contribution in [1.29, 1.82) is 0 Å². The fourth-order valence-corrected chi connectivity index (χ4v) is 2.17. The molecular formula is C11H18ClNO3. The van der Waals surface area contributed by atoms with E-state index in [0.29, 0.717) is 13.0 Å². The Labute approximate surface area is 101 Å². The lowest BCUT2D eigenvalue weighted by Gasteiger charge is -2.15. The number of carbonyl (C=O) groups excluding carboxylic acids is 1. The second-order valence-corrected chi connectivity index (χ2v) is 4.82. The van der Waals surface area contributed by atoms with Gasteiger partial charge in [0.2, 0.25) is 5.91 Å². The van der Waals surface area contributed by atoms with Crippen molar-refractivity contribution < 1.29 is 14.7 Å². The zero-order valence-corrected chi connectivity index (χ0v) is 10.1. The van der Waals surface area contributed by atoms with Crippen LogP contribution in [0.1, 0.15) is 38.5 Å². The number of nitrogens with zero attached hydrogens (tertiary/aromatic N) is 1. The molecule has 16 heavy (non-hydrogen) atoms. The number of aliphatic carboxylic acids is 1. The summed E-state index contributed by atoms with van der Waals surface area (Å²) >= 11 is 5.87. The van der Waals surface area contributed by atoms with Crippen LogP contribution < -0.4 is 0 Å². The van der Waals surface area contributed by atoms with E-state index in [4.69, 9.17) is 16.7 Å². The number of hydrogen-bond donors (Lipinski definition) is 1. The third-order valence-corrected chi connectivity index (χ3v) is 3.03. The number of unbranched alkanes of at least 4 members (excludes halogenated alkanes) is 3. The molecule has 1 heterocycles. The third kappa shape index (κ3) is 4.84. The summed E-state index contributed by atoms with van der Waals surface area (Å²) in [5.74, 6) is -0.592. The van der Waals surface area contributed by atoms with Gasteiger partial charge in [0, 0.05) is 25.9 Å². The number of likely N-dealkylation sites (tertiary alicyclic amines) is 1. The quantitative estimate of drug-likeness (QED) is 0.552. The van der Waals surface area contributed by atoms with Gasteiger partial charge < -0.3 is 10.0 Å². The lowest BCUT2D eigenvalue weighted by Crippen LogP contribution is -2.26. The van der Waals surface area contributed by atoms with Crippen LogP contribution in [0.25, 0.3) is 0 Å². The lowest BCUT2D eigenvalue weighted by molar-refractivity contribution is -0.137. The molecule has 0 saturated carbocycles. The molecule has 1 rings (SSSR count). The molecule has 1 aliphatic heterocycles. The second kappa shape index (κ2) is 6.74. The van der Waals surface area contributed by atoms with Crippen LogP contribution in [0.15, 0.2) is 0 Å². The van der Waals surface area contributed by atoms with Crippen molar-refractivity contribution >= 4 is 23.5 Å². The summed E-state index contributed by atoms with van der Waals surface area (Å²) in [6.07, 6.45) is 4.26. The molecule has 0 radical (unpaired) electrons. The Hall–Kier alpha value is -0.770. The van der Waals surface area contributed by atoms with Crippen LogP contribution in [0.3, 0.4) is 0 Å². The van der Waals surface area contributed by atoms with Crippen molar-refractivity contribution in [3.8, 4) is 0 Å². The predicted molar refractivity (Wildman–Crippen MR) is 61.6 cm³/mol. The number of carbonyl (C=O) groups is 2. The highest BCUT2D eigenvalue weighted by molar-refractivity contribution is 6.22. The molecule has 1 fully saturated rings. The van der Waals surface area contributed by atoms with Gasteiger partial charge in [0.1, 0.15) is 0 Å². The molecule has 4 nitrogen and oxygen atoms in total. The number of hydrogen-bond acceptors (Lipinski definition) is 2. The summed E-state index contributed by atoms with van der Waals surface area (Å²) in [5.41, 5.74) is 0. The Morgan fingerprint density at radius 3 is 2.62 bits per heavy atom. The van der Waals surface area contributed by atoms with Crippen molar-refractivity contribution in [2.45, 2.75) is 43.9 Å². The Bertz CT molecular complexity index is 258. The molecule has 5 heteroatoms. The van der Waals surface area contributed by atoms with Crippen LogP contribution in [-0.2, 0) is 9.59 Å². The molecule has 1 aliphatic rings. The van der Waals surface area contributed by atoms with Gasteiger partial charge in [-0.3, -0.25) is 9.59 Å². The number of halogens is 1. The molecule has 0 aromatic heterocycles. The van der Waals surface area contributed by atoms with Gasteiger partial charge >= 0.3 is 5.97 Å². The normalized spacial score (nSPS) is 20.4. The molecule has 1 amide bonds. The minimum Gasteiger partial charge on any atom is -0.481 e. The maximum atomic E-state index is 11.4. The van der Waals surface area contributed by atoms with Crippen LogP contribution in [0.4, 0.5) is 0 Å². The van der Waals surface area contributed by atoms with Gasteiger partial charge in [-0.05, 0) is 12.8 Å². The SMILES string of the molecule is O=C(O)CCCCCCN1CC(Cl)CC1=O. The summed E-state index contributed by atoms with van der Waals surface area (Å²) in [7, 11) is 0. The smallest absolute Gasteiger partial charge is 0.303 e. The van der Waals surface area contributed by atoms with Crippen molar-refractivity contribution in [2.24, 2.45) is 0 Å². The average Bonchev–Trinajstić information content (AvgIpc) is 2.50. The zero-order valence-electron chi connectivity index (χ0n) is 9.32. The van der Waals surface area contributed by atoms with E-state index in [0.717, 1.165) is 32.2 Å². The van der Waals surface area contributed by atoms with Crippen LogP contribution in [0.2, 0.25) is 0 Å². The van der Waals surface area contributed by atoms with Gasteiger partial charge in [-0.1, -0.05) is 12.8 Å². The fraction of sp³-hybridized carbons (Fsp3) is 0.818. The minimum absolute atomic E-state index is 0.0282. The number of amides is 1. The van der Waals surface area contributed by atoms with E-state index in [9.17, 15) is 9.59 Å². The largest absolute Gasteiger partial charge is 0.481 e. The highest BCUT2D eigenvalue weighted by atomic mass is 35.5. The van der Waals surface area contributed by atoms with E-state index in [1.165, 1.54) is 0 Å². The third-order valence-electron chi connectivity index (χ3n) is 2.74. The monoisotopic (exact) mass is 247 g/mol. The molecular weight excluding hydrogens is 230 g/mol. The van der Waals surface area contributed by atoms with Gasteiger partial charge in [0.15, 0.2) is 0 Å². The molecule has 1 atom stereocenters. The summed E-state index contributed by atoms with van der Waals surface area (Å²) in [6, 6.07) is 0. The molecule has 0 bridgehead atoms. The fourth-order valence-electron chi connectivity index (χ4n) is 1.87. The zero-order chi connectivity index (χ0) is 12.0. The number of carboxylic acid groups (broad SMARTS) is 1. The summed E-state index contributed by atoms with van der Waals surface area (Å²) in [6.45, 7) is 1.42. The lowest BCUT2D eigenvalue weighted by atomic mass is 10.1. The van der Waals surface area contributed by atoms with Gasteiger partial charge in [0.25, 0.3) is 0 Å². The van der Waals surface area contributed by atoms with Gasteiger partial charge in [-0.25, -0.2) is 0 Å². The maximum Gasteiger partial charge on any atom is 0.303 e. The van der Waals surface area contributed by atoms with Crippen molar-refractivity contribution in [3.05, 3.63) is 0 Å². The average molecular weight is 248 g/mol. The van der Waals surface area contributed by atoms with Crippen molar-refractivity contribution in [3.63, 3.8) is 0 Å². The Morgan fingerprint density at radius 1 is 1.38 bits per heavy atom. The molecule has 0 aromatic rings. The molecule has 1 saturated heterocycles. The first-order valence-corrected chi connectivity index (χ1v) is 6.17. The summed E-state index contributed by atoms with van der Waals surface area (Å²) < 4.78 is 0. The van der Waals surface area contributed by atoms with E-state index < -0.39 is 5.97 Å². The van der Waals surface area contributed by atoms with Crippen LogP contribution in [-0.4, -0.2) is 40.3 Å². The van der Waals surface area contributed by atoms with E-state index in [-0.39, 0.29) is 17.7 Å². The maximum absolute atomic E-state index is 11.4. The first-order valence-electron chi connectivity index (χ1n) is 5.73. The van der Waals surface area contributed by atoms with E-state index in [1.54, 1.807) is 4.90 Å². The van der Waals surface area contributed by atoms with Gasteiger partial charge in [0.05, 0.1) is 5.38 Å². The van der Waals surface area contributed by atoms with Crippen LogP contribution in [0.5, 0.6) is 0 Å². The molecule has 92 valence electrons. The highest BCUT2D eigenvalue weighted by Gasteiger charge is 2.26. The van der Waals surface area contributed by atoms with E-state index in [1.807, 2.05) is 0 Å². The molecule has 0 spiro atoms. The van der Waals surface area contributed by atoms with Gasteiger partial charge in [-0.15, -0.1) is 11.6 Å². The number of carboxylic acids is 1.